The summed E-state index contributed by atoms with van der Waals surface area (Å²) in [6.45, 7) is 2.95. The van der Waals surface area contributed by atoms with E-state index in [0.717, 1.165) is 79.5 Å². The van der Waals surface area contributed by atoms with Gasteiger partial charge in [0.05, 0.1) is 4.90 Å². The number of H-pyrrole nitrogens is 1. The third-order valence-electron chi connectivity index (χ3n) is 8.84. The van der Waals surface area contributed by atoms with E-state index in [2.05, 4.69) is 33.0 Å². The normalized spacial score (nSPS) is 25.1. The van der Waals surface area contributed by atoms with Crippen LogP contribution < -0.4 is 4.90 Å². The highest BCUT2D eigenvalue weighted by molar-refractivity contribution is 7.89. The molecule has 2 atom stereocenters. The van der Waals surface area contributed by atoms with Crippen LogP contribution in [0.25, 0.3) is 22.2 Å². The van der Waals surface area contributed by atoms with Crippen LogP contribution in [-0.4, -0.2) is 66.8 Å². The third kappa shape index (κ3) is 4.05. The van der Waals surface area contributed by atoms with Gasteiger partial charge in [-0.2, -0.15) is 4.31 Å². The summed E-state index contributed by atoms with van der Waals surface area (Å²) in [5.41, 5.74) is 4.03. The summed E-state index contributed by atoms with van der Waals surface area (Å²) < 4.78 is 29.6. The Morgan fingerprint density at radius 1 is 0.892 bits per heavy atom. The second kappa shape index (κ2) is 8.88. The highest BCUT2D eigenvalue weighted by Crippen LogP contribution is 2.41. The zero-order valence-electron chi connectivity index (χ0n) is 21.1. The van der Waals surface area contributed by atoms with Crippen molar-refractivity contribution in [2.45, 2.75) is 61.9 Å². The van der Waals surface area contributed by atoms with Gasteiger partial charge >= 0.3 is 0 Å². The number of aromatic amines is 1. The quantitative estimate of drug-likeness (QED) is 0.536. The van der Waals surface area contributed by atoms with Crippen LogP contribution in [0.2, 0.25) is 0 Å². The lowest BCUT2D eigenvalue weighted by Gasteiger charge is -2.46. The van der Waals surface area contributed by atoms with E-state index in [-0.39, 0.29) is 17.9 Å². The monoisotopic (exact) mass is 518 g/mol. The minimum Gasteiger partial charge on any atom is -0.371 e. The summed E-state index contributed by atoms with van der Waals surface area (Å²) in [6, 6.07) is 16.5. The number of amides is 1. The number of aromatic nitrogens is 1. The van der Waals surface area contributed by atoms with E-state index in [0.29, 0.717) is 30.4 Å². The van der Waals surface area contributed by atoms with E-state index in [4.69, 9.17) is 0 Å². The van der Waals surface area contributed by atoms with Gasteiger partial charge < -0.3 is 14.8 Å². The molecule has 8 heteroatoms. The topological polar surface area (TPSA) is 76.7 Å². The lowest BCUT2D eigenvalue weighted by atomic mass is 9.84. The largest absolute Gasteiger partial charge is 0.371 e. The SMILES string of the molecule is O=C1CCC2CN(S(=O)(=O)c3ccc(N4CCCC4)c(-c4cc5ccccc5[nH]4)c3)CCC2N1C1CC1. The van der Waals surface area contributed by atoms with Gasteiger partial charge in [0.1, 0.15) is 0 Å². The summed E-state index contributed by atoms with van der Waals surface area (Å²) in [6.07, 6.45) is 6.56. The molecule has 2 aromatic carbocycles. The zero-order chi connectivity index (χ0) is 25.1. The fraction of sp³-hybridized carbons (Fsp3) is 0.483. The highest BCUT2D eigenvalue weighted by atomic mass is 32.2. The molecule has 7 nitrogen and oxygen atoms in total. The van der Waals surface area contributed by atoms with Crippen molar-refractivity contribution in [2.75, 3.05) is 31.1 Å². The predicted octanol–water partition coefficient (Wildman–Crippen LogP) is 4.60. The molecule has 3 saturated heterocycles. The number of sulfonamides is 1. The van der Waals surface area contributed by atoms with Gasteiger partial charge in [0.15, 0.2) is 0 Å². The van der Waals surface area contributed by atoms with Crippen molar-refractivity contribution in [3.63, 3.8) is 0 Å². The lowest BCUT2D eigenvalue weighted by molar-refractivity contribution is -0.141. The molecule has 4 fully saturated rings. The van der Waals surface area contributed by atoms with E-state index in [1.54, 1.807) is 10.4 Å². The molecule has 37 heavy (non-hydrogen) atoms. The minimum absolute atomic E-state index is 0.194. The van der Waals surface area contributed by atoms with Gasteiger partial charge in [-0.05, 0) is 74.8 Å². The number of benzene rings is 2. The van der Waals surface area contributed by atoms with Crippen molar-refractivity contribution in [1.29, 1.82) is 0 Å². The molecule has 2 unspecified atom stereocenters. The molecule has 7 rings (SSSR count). The number of para-hydroxylation sites is 1. The Hall–Kier alpha value is -2.84. The fourth-order valence-corrected chi connectivity index (χ4v) is 8.34. The molecule has 1 saturated carbocycles. The number of piperidine rings is 2. The van der Waals surface area contributed by atoms with Gasteiger partial charge in [-0.15, -0.1) is 0 Å². The third-order valence-corrected chi connectivity index (χ3v) is 10.7. The Bertz CT molecular complexity index is 1420. The van der Waals surface area contributed by atoms with Crippen LogP contribution in [0, 0.1) is 5.92 Å². The fourth-order valence-electron chi connectivity index (χ4n) is 6.80. The van der Waals surface area contributed by atoms with Crippen molar-refractivity contribution in [1.82, 2.24) is 14.2 Å². The number of fused-ring (bicyclic) bond motifs is 2. The molecule has 4 aliphatic rings. The van der Waals surface area contributed by atoms with E-state index >= 15 is 0 Å². The van der Waals surface area contributed by atoms with Crippen LogP contribution in [0.1, 0.15) is 44.9 Å². The van der Waals surface area contributed by atoms with Crippen molar-refractivity contribution < 1.29 is 13.2 Å². The number of carbonyl (C=O) groups is 1. The maximum absolute atomic E-state index is 14.0. The predicted molar refractivity (Wildman–Crippen MR) is 145 cm³/mol. The van der Waals surface area contributed by atoms with Gasteiger partial charge in [0.2, 0.25) is 15.9 Å². The Morgan fingerprint density at radius 2 is 1.70 bits per heavy atom. The molecule has 3 aliphatic heterocycles. The van der Waals surface area contributed by atoms with E-state index in [1.807, 2.05) is 24.3 Å². The Kier molecular flexibility index (Phi) is 5.59. The van der Waals surface area contributed by atoms with Crippen LogP contribution >= 0.6 is 0 Å². The molecule has 3 aromatic rings. The van der Waals surface area contributed by atoms with Gasteiger partial charge in [0, 0.05) is 72.5 Å². The molecular weight excluding hydrogens is 484 g/mol. The summed E-state index contributed by atoms with van der Waals surface area (Å²) in [5.74, 6) is 0.486. The first-order valence-electron chi connectivity index (χ1n) is 13.8. The van der Waals surface area contributed by atoms with Crippen LogP contribution in [0.3, 0.4) is 0 Å². The van der Waals surface area contributed by atoms with Gasteiger partial charge in [-0.3, -0.25) is 4.79 Å². The summed E-state index contributed by atoms with van der Waals surface area (Å²) in [5, 5.41) is 1.12. The summed E-state index contributed by atoms with van der Waals surface area (Å²) in [7, 11) is -3.65. The number of hydrogen-bond acceptors (Lipinski definition) is 4. The summed E-state index contributed by atoms with van der Waals surface area (Å²) >= 11 is 0. The van der Waals surface area contributed by atoms with Crippen LogP contribution in [0.4, 0.5) is 5.69 Å². The van der Waals surface area contributed by atoms with Crippen molar-refractivity contribution in [3.05, 3.63) is 48.5 Å². The molecule has 0 bridgehead atoms. The number of rotatable bonds is 5. The van der Waals surface area contributed by atoms with Crippen molar-refractivity contribution in [3.8, 4) is 11.3 Å². The number of nitrogens with zero attached hydrogens (tertiary/aromatic N) is 3. The number of anilines is 1. The Morgan fingerprint density at radius 3 is 2.49 bits per heavy atom. The van der Waals surface area contributed by atoms with E-state index < -0.39 is 10.0 Å². The first kappa shape index (κ1) is 23.3. The standard InChI is InChI=1S/C29H34N4O3S/c34-29-12-7-21-19-32(16-13-27(21)33(29)22-8-9-22)37(35,36)23-10-11-28(31-14-3-4-15-31)24(18-23)26-17-20-5-1-2-6-25(20)30-26/h1-2,5-6,10-11,17-18,21-22,27,30H,3-4,7-9,12-16,19H2. The molecule has 194 valence electrons. The molecular formula is C29H34N4O3S. The second-order valence-electron chi connectivity index (χ2n) is 11.2. The average molecular weight is 519 g/mol. The number of carbonyl (C=O) groups excluding carboxylic acids is 1. The van der Waals surface area contributed by atoms with Crippen LogP contribution in [-0.2, 0) is 14.8 Å². The molecule has 0 spiro atoms. The lowest BCUT2D eigenvalue weighted by Crippen LogP contribution is -2.57. The molecule has 4 heterocycles. The maximum Gasteiger partial charge on any atom is 0.243 e. The molecule has 1 aliphatic carbocycles. The zero-order valence-corrected chi connectivity index (χ0v) is 21.9. The molecule has 0 radical (unpaired) electrons. The number of likely N-dealkylation sites (tertiary alicyclic amines) is 1. The minimum atomic E-state index is -3.65. The molecule has 1 N–H and O–H groups in total. The number of hydrogen-bond donors (Lipinski definition) is 1. The Labute approximate surface area is 218 Å². The van der Waals surface area contributed by atoms with Crippen molar-refractivity contribution >= 4 is 32.5 Å². The number of nitrogens with one attached hydrogen (secondary N) is 1. The van der Waals surface area contributed by atoms with Gasteiger partial charge in [0.25, 0.3) is 0 Å². The first-order chi connectivity index (χ1) is 18.0. The smallest absolute Gasteiger partial charge is 0.243 e. The second-order valence-corrected chi connectivity index (χ2v) is 13.1. The van der Waals surface area contributed by atoms with Gasteiger partial charge in [-0.1, -0.05) is 18.2 Å². The molecule has 1 aromatic heterocycles. The highest BCUT2D eigenvalue weighted by Gasteiger charge is 2.47. The van der Waals surface area contributed by atoms with Crippen LogP contribution in [0.5, 0.6) is 0 Å². The maximum atomic E-state index is 14.0. The molecule has 1 amide bonds. The Balaban J connectivity index is 1.22. The van der Waals surface area contributed by atoms with Crippen LogP contribution in [0.15, 0.2) is 53.4 Å². The van der Waals surface area contributed by atoms with E-state index in [1.165, 1.54) is 0 Å². The first-order valence-corrected chi connectivity index (χ1v) is 15.2. The van der Waals surface area contributed by atoms with Gasteiger partial charge in [-0.25, -0.2) is 8.42 Å². The average Bonchev–Trinajstić information content (AvgIpc) is 3.41. The van der Waals surface area contributed by atoms with E-state index in [9.17, 15) is 13.2 Å². The summed E-state index contributed by atoms with van der Waals surface area (Å²) in [4.78, 5) is 21.0. The van der Waals surface area contributed by atoms with Crippen molar-refractivity contribution in [2.24, 2.45) is 5.92 Å².